The number of hydrogen-bond acceptors (Lipinski definition) is 2. The van der Waals surface area contributed by atoms with Crippen LogP contribution in [-0.4, -0.2) is 32.2 Å². The monoisotopic (exact) mass is 215 g/mol. The van der Waals surface area contributed by atoms with Gasteiger partial charge in [-0.1, -0.05) is 13.8 Å². The van der Waals surface area contributed by atoms with Gasteiger partial charge in [0.05, 0.1) is 0 Å². The second-order valence-corrected chi connectivity index (χ2v) is 3.81. The first-order valence-electron chi connectivity index (χ1n) is 5.52. The third kappa shape index (κ3) is 8.24. The minimum Gasteiger partial charge on any atom is -0.341 e. The molecule has 0 aromatic heterocycles. The topological polar surface area (TPSA) is 53.2 Å². The van der Waals surface area contributed by atoms with E-state index in [0.29, 0.717) is 6.04 Å². The molecule has 0 aromatic rings. The zero-order valence-electron chi connectivity index (χ0n) is 8.94. The van der Waals surface area contributed by atoms with Gasteiger partial charge in [0, 0.05) is 13.1 Å². The van der Waals surface area contributed by atoms with Crippen molar-refractivity contribution < 1.29 is 4.79 Å². The van der Waals surface area contributed by atoms with Gasteiger partial charge in [0.15, 0.2) is 0 Å². The second-order valence-electron chi connectivity index (χ2n) is 3.81. The maximum Gasteiger partial charge on any atom is 0.314 e. The molecule has 0 radical (unpaired) electrons. The van der Waals surface area contributed by atoms with Crippen molar-refractivity contribution in [3.63, 3.8) is 0 Å². The van der Waals surface area contributed by atoms with Crippen molar-refractivity contribution in [3.8, 4) is 0 Å². The van der Waals surface area contributed by atoms with Crippen molar-refractivity contribution in [1.29, 1.82) is 0 Å². The molecule has 1 heterocycles. The second kappa shape index (κ2) is 8.53. The van der Waals surface area contributed by atoms with E-state index in [2.05, 4.69) is 16.0 Å². The Hall–Kier alpha value is -0.770. The number of carbonyl (C=O) groups excluding carboxylic acids is 1. The number of hydrogen-bond donors (Lipinski definition) is 3. The third-order valence-corrected chi connectivity index (χ3v) is 2.35. The molecule has 2 aliphatic rings. The number of carbonyl (C=O) groups is 1. The molecule has 0 atom stereocenters. The van der Waals surface area contributed by atoms with Gasteiger partial charge in [0.2, 0.25) is 0 Å². The molecule has 4 nitrogen and oxygen atoms in total. The van der Waals surface area contributed by atoms with Crippen molar-refractivity contribution in [2.75, 3.05) is 20.1 Å². The normalized spacial score (nSPS) is 19.0. The SMILES string of the molecule is C.C1CCNCC1.CNC(=O)NC1CC1. The Morgan fingerprint density at radius 2 is 1.80 bits per heavy atom. The predicted octanol–water partition coefficient (Wildman–Crippen LogP) is 1.47. The highest BCUT2D eigenvalue weighted by Gasteiger charge is 2.22. The summed E-state index contributed by atoms with van der Waals surface area (Å²) in [6.45, 7) is 2.50. The Labute approximate surface area is 93.2 Å². The van der Waals surface area contributed by atoms with Gasteiger partial charge in [-0.2, -0.15) is 0 Å². The maximum absolute atomic E-state index is 10.4. The lowest BCUT2D eigenvalue weighted by atomic mass is 10.2. The van der Waals surface area contributed by atoms with E-state index in [0.717, 1.165) is 12.8 Å². The van der Waals surface area contributed by atoms with E-state index in [9.17, 15) is 4.79 Å². The Morgan fingerprint density at radius 1 is 1.20 bits per heavy atom. The summed E-state index contributed by atoms with van der Waals surface area (Å²) in [5.74, 6) is 0. The van der Waals surface area contributed by atoms with E-state index in [1.807, 2.05) is 0 Å². The molecular formula is C11H25N3O. The first kappa shape index (κ1) is 14.2. The van der Waals surface area contributed by atoms with Crippen LogP contribution in [0.2, 0.25) is 0 Å². The van der Waals surface area contributed by atoms with Gasteiger partial charge in [-0.15, -0.1) is 0 Å². The first-order chi connectivity index (χ1) is 6.83. The molecule has 2 rings (SSSR count). The smallest absolute Gasteiger partial charge is 0.314 e. The summed E-state index contributed by atoms with van der Waals surface area (Å²) in [5.41, 5.74) is 0. The lowest BCUT2D eigenvalue weighted by molar-refractivity contribution is 0.242. The van der Waals surface area contributed by atoms with Crippen LogP contribution in [0.4, 0.5) is 4.79 Å². The summed E-state index contributed by atoms with van der Waals surface area (Å²) in [4.78, 5) is 10.4. The highest BCUT2D eigenvalue weighted by Crippen LogP contribution is 2.17. The third-order valence-electron chi connectivity index (χ3n) is 2.35. The summed E-state index contributed by atoms with van der Waals surface area (Å²) in [6, 6.07) is 0.405. The van der Waals surface area contributed by atoms with Crippen LogP contribution in [0.1, 0.15) is 39.5 Å². The van der Waals surface area contributed by atoms with Crippen molar-refractivity contribution >= 4 is 6.03 Å². The molecule has 0 aromatic carbocycles. The molecule has 2 amide bonds. The minimum atomic E-state index is -0.0625. The lowest BCUT2D eigenvalue weighted by Gasteiger charge is -2.08. The molecule has 0 unspecified atom stereocenters. The summed E-state index contributed by atoms with van der Waals surface area (Å²) >= 11 is 0. The fourth-order valence-electron chi connectivity index (χ4n) is 1.29. The van der Waals surface area contributed by atoms with E-state index in [-0.39, 0.29) is 13.5 Å². The molecule has 3 N–H and O–H groups in total. The Balaban J connectivity index is 0.000000253. The number of nitrogens with one attached hydrogen (secondary N) is 3. The summed E-state index contributed by atoms with van der Waals surface area (Å²) in [6.07, 6.45) is 6.51. The first-order valence-corrected chi connectivity index (χ1v) is 5.52. The molecule has 2 fully saturated rings. The zero-order chi connectivity index (χ0) is 10.2. The summed E-state index contributed by atoms with van der Waals surface area (Å²) < 4.78 is 0. The fourth-order valence-corrected chi connectivity index (χ4v) is 1.29. The quantitative estimate of drug-likeness (QED) is 0.620. The summed E-state index contributed by atoms with van der Waals surface area (Å²) in [5, 5.41) is 8.52. The molecule has 1 aliphatic carbocycles. The van der Waals surface area contributed by atoms with E-state index in [4.69, 9.17) is 0 Å². The number of urea groups is 1. The van der Waals surface area contributed by atoms with Crippen LogP contribution in [0, 0.1) is 0 Å². The van der Waals surface area contributed by atoms with Crippen LogP contribution in [-0.2, 0) is 0 Å². The van der Waals surface area contributed by atoms with Crippen LogP contribution >= 0.6 is 0 Å². The Morgan fingerprint density at radius 3 is 2.07 bits per heavy atom. The van der Waals surface area contributed by atoms with Crippen molar-refractivity contribution in [2.24, 2.45) is 0 Å². The highest BCUT2D eigenvalue weighted by molar-refractivity contribution is 5.74. The highest BCUT2D eigenvalue weighted by atomic mass is 16.2. The van der Waals surface area contributed by atoms with E-state index in [1.165, 1.54) is 32.4 Å². The molecule has 1 saturated carbocycles. The minimum absolute atomic E-state index is 0. The molecule has 4 heteroatoms. The van der Waals surface area contributed by atoms with Gasteiger partial charge >= 0.3 is 6.03 Å². The largest absolute Gasteiger partial charge is 0.341 e. The number of piperidine rings is 1. The molecule has 1 saturated heterocycles. The fraction of sp³-hybridized carbons (Fsp3) is 0.909. The average Bonchev–Trinajstić information content (AvgIpc) is 3.05. The van der Waals surface area contributed by atoms with Crippen LogP contribution in [0.3, 0.4) is 0 Å². The molecule has 15 heavy (non-hydrogen) atoms. The van der Waals surface area contributed by atoms with Gasteiger partial charge in [0.1, 0.15) is 0 Å². The van der Waals surface area contributed by atoms with Gasteiger partial charge in [-0.3, -0.25) is 0 Å². The van der Waals surface area contributed by atoms with Crippen molar-refractivity contribution in [3.05, 3.63) is 0 Å². The number of rotatable bonds is 1. The van der Waals surface area contributed by atoms with Crippen LogP contribution in [0.15, 0.2) is 0 Å². The lowest BCUT2D eigenvalue weighted by Crippen LogP contribution is -2.34. The molecule has 0 bridgehead atoms. The molecular weight excluding hydrogens is 190 g/mol. The maximum atomic E-state index is 10.4. The number of amides is 2. The van der Waals surface area contributed by atoms with Gasteiger partial charge in [0.25, 0.3) is 0 Å². The van der Waals surface area contributed by atoms with E-state index >= 15 is 0 Å². The summed E-state index contributed by atoms with van der Waals surface area (Å²) in [7, 11) is 1.62. The Bertz CT molecular complexity index is 154. The van der Waals surface area contributed by atoms with Crippen LogP contribution in [0.25, 0.3) is 0 Å². The van der Waals surface area contributed by atoms with Gasteiger partial charge in [-0.05, 0) is 38.8 Å². The van der Waals surface area contributed by atoms with E-state index < -0.39 is 0 Å². The van der Waals surface area contributed by atoms with Crippen molar-refractivity contribution in [1.82, 2.24) is 16.0 Å². The van der Waals surface area contributed by atoms with Gasteiger partial charge in [-0.25, -0.2) is 4.79 Å². The predicted molar refractivity (Wildman–Crippen MR) is 64.1 cm³/mol. The van der Waals surface area contributed by atoms with Crippen LogP contribution in [0.5, 0.6) is 0 Å². The van der Waals surface area contributed by atoms with Gasteiger partial charge < -0.3 is 16.0 Å². The molecule has 90 valence electrons. The standard InChI is InChI=1S/C5H10N2O.C5H11N.CH4/c1-6-5(8)7-4-2-3-4;1-2-4-6-5-3-1;/h4H,2-3H2,1H3,(H2,6,7,8);6H,1-5H2;1H4. The molecule has 1 aliphatic heterocycles. The van der Waals surface area contributed by atoms with E-state index in [1.54, 1.807) is 7.05 Å². The average molecular weight is 215 g/mol. The van der Waals surface area contributed by atoms with Crippen molar-refractivity contribution in [2.45, 2.75) is 45.6 Å². The van der Waals surface area contributed by atoms with Crippen LogP contribution < -0.4 is 16.0 Å². The zero-order valence-corrected chi connectivity index (χ0v) is 8.94. The Kier molecular flexibility index (Phi) is 8.09. The molecule has 0 spiro atoms.